The molecule has 0 unspecified atom stereocenters. The molecule has 1 fully saturated rings. The SMILES string of the molecule is CC(C)(C=O)N1CCCCCC1. The Morgan fingerprint density at radius 2 is 1.58 bits per heavy atom. The summed E-state index contributed by atoms with van der Waals surface area (Å²) in [5.41, 5.74) is -0.246. The van der Waals surface area contributed by atoms with E-state index in [9.17, 15) is 4.79 Å². The molecule has 0 amide bonds. The molecule has 1 aliphatic heterocycles. The summed E-state index contributed by atoms with van der Waals surface area (Å²) in [4.78, 5) is 13.1. The maximum absolute atomic E-state index is 10.8. The largest absolute Gasteiger partial charge is 0.301 e. The van der Waals surface area contributed by atoms with Crippen molar-refractivity contribution in [2.24, 2.45) is 0 Å². The lowest BCUT2D eigenvalue weighted by molar-refractivity contribution is -0.116. The molecular weight excluding hydrogens is 150 g/mol. The Morgan fingerprint density at radius 3 is 2.00 bits per heavy atom. The molecule has 1 rings (SSSR count). The maximum atomic E-state index is 10.8. The van der Waals surface area contributed by atoms with Crippen molar-refractivity contribution in [1.82, 2.24) is 4.90 Å². The van der Waals surface area contributed by atoms with Crippen molar-refractivity contribution < 1.29 is 4.79 Å². The van der Waals surface area contributed by atoms with E-state index >= 15 is 0 Å². The van der Waals surface area contributed by atoms with E-state index in [0.29, 0.717) is 0 Å². The predicted molar refractivity (Wildman–Crippen MR) is 50.2 cm³/mol. The number of hydrogen-bond acceptors (Lipinski definition) is 2. The summed E-state index contributed by atoms with van der Waals surface area (Å²) >= 11 is 0. The standard InChI is InChI=1S/C10H19NO/c1-10(2,9-12)11-7-5-3-4-6-8-11/h9H,3-8H2,1-2H3. The van der Waals surface area contributed by atoms with Crippen molar-refractivity contribution in [2.75, 3.05) is 13.1 Å². The number of hydrogen-bond donors (Lipinski definition) is 0. The minimum atomic E-state index is -0.246. The molecule has 1 heterocycles. The normalized spacial score (nSPS) is 21.8. The van der Waals surface area contributed by atoms with Crippen LogP contribution in [0.15, 0.2) is 0 Å². The second kappa shape index (κ2) is 4.04. The minimum absolute atomic E-state index is 0.246. The molecule has 0 aromatic rings. The molecule has 0 aromatic carbocycles. The molecule has 0 aliphatic carbocycles. The molecule has 0 bridgehead atoms. The summed E-state index contributed by atoms with van der Waals surface area (Å²) in [7, 11) is 0. The van der Waals surface area contributed by atoms with Crippen molar-refractivity contribution in [2.45, 2.75) is 45.1 Å². The topological polar surface area (TPSA) is 20.3 Å². The van der Waals surface area contributed by atoms with Crippen LogP contribution in [0.25, 0.3) is 0 Å². The third-order valence-electron chi connectivity index (χ3n) is 2.71. The molecule has 70 valence electrons. The zero-order valence-corrected chi connectivity index (χ0v) is 8.18. The number of carbonyl (C=O) groups is 1. The lowest BCUT2D eigenvalue weighted by Crippen LogP contribution is -2.45. The highest BCUT2D eigenvalue weighted by atomic mass is 16.1. The van der Waals surface area contributed by atoms with Crippen LogP contribution >= 0.6 is 0 Å². The fourth-order valence-corrected chi connectivity index (χ4v) is 1.72. The fourth-order valence-electron chi connectivity index (χ4n) is 1.72. The van der Waals surface area contributed by atoms with Gasteiger partial charge in [0.05, 0.1) is 5.54 Å². The van der Waals surface area contributed by atoms with Crippen molar-refractivity contribution in [3.63, 3.8) is 0 Å². The van der Waals surface area contributed by atoms with E-state index < -0.39 is 0 Å². The van der Waals surface area contributed by atoms with E-state index in [2.05, 4.69) is 4.90 Å². The van der Waals surface area contributed by atoms with Gasteiger partial charge >= 0.3 is 0 Å². The summed E-state index contributed by atoms with van der Waals surface area (Å²) < 4.78 is 0. The van der Waals surface area contributed by atoms with Gasteiger partial charge in [-0.25, -0.2) is 0 Å². The third-order valence-corrected chi connectivity index (χ3v) is 2.71. The molecule has 0 saturated carbocycles. The van der Waals surface area contributed by atoms with Crippen LogP contribution < -0.4 is 0 Å². The monoisotopic (exact) mass is 169 g/mol. The lowest BCUT2D eigenvalue weighted by Gasteiger charge is -2.32. The van der Waals surface area contributed by atoms with Crippen LogP contribution in [-0.2, 0) is 4.79 Å². The molecule has 0 N–H and O–H groups in total. The van der Waals surface area contributed by atoms with Crippen LogP contribution in [-0.4, -0.2) is 29.8 Å². The Balaban J connectivity index is 2.53. The summed E-state index contributed by atoms with van der Waals surface area (Å²) in [6, 6.07) is 0. The zero-order chi connectivity index (χ0) is 9.03. The molecule has 0 spiro atoms. The highest BCUT2D eigenvalue weighted by Crippen LogP contribution is 2.17. The number of nitrogens with zero attached hydrogens (tertiary/aromatic N) is 1. The van der Waals surface area contributed by atoms with Gasteiger partial charge in [0.25, 0.3) is 0 Å². The van der Waals surface area contributed by atoms with Crippen LogP contribution in [0.4, 0.5) is 0 Å². The van der Waals surface area contributed by atoms with Crippen LogP contribution in [0.5, 0.6) is 0 Å². The molecule has 1 saturated heterocycles. The van der Waals surface area contributed by atoms with Gasteiger partial charge < -0.3 is 4.79 Å². The summed E-state index contributed by atoms with van der Waals surface area (Å²) in [6.45, 7) is 6.19. The van der Waals surface area contributed by atoms with Crippen LogP contribution in [0.1, 0.15) is 39.5 Å². The molecule has 1 aliphatic rings. The molecular formula is C10H19NO. The van der Waals surface area contributed by atoms with E-state index in [0.717, 1.165) is 19.4 Å². The van der Waals surface area contributed by atoms with Gasteiger partial charge in [-0.2, -0.15) is 0 Å². The Labute approximate surface area is 74.9 Å². The summed E-state index contributed by atoms with van der Waals surface area (Å²) in [6.07, 6.45) is 6.21. The van der Waals surface area contributed by atoms with Gasteiger partial charge in [-0.1, -0.05) is 12.8 Å². The Bertz CT molecular complexity index is 146. The van der Waals surface area contributed by atoms with Crippen LogP contribution in [0, 0.1) is 0 Å². The Kier molecular flexibility index (Phi) is 3.27. The number of aldehydes is 1. The van der Waals surface area contributed by atoms with Gasteiger partial charge in [-0.15, -0.1) is 0 Å². The van der Waals surface area contributed by atoms with Crippen molar-refractivity contribution in [3.05, 3.63) is 0 Å². The zero-order valence-electron chi connectivity index (χ0n) is 8.18. The first-order valence-corrected chi connectivity index (χ1v) is 4.88. The van der Waals surface area contributed by atoms with Gasteiger partial charge in [-0.3, -0.25) is 4.90 Å². The van der Waals surface area contributed by atoms with E-state index in [4.69, 9.17) is 0 Å². The fraction of sp³-hybridized carbons (Fsp3) is 0.900. The molecule has 2 heteroatoms. The van der Waals surface area contributed by atoms with Gasteiger partial charge in [0, 0.05) is 0 Å². The first-order valence-electron chi connectivity index (χ1n) is 4.88. The Morgan fingerprint density at radius 1 is 1.08 bits per heavy atom. The van der Waals surface area contributed by atoms with Crippen LogP contribution in [0.2, 0.25) is 0 Å². The highest BCUT2D eigenvalue weighted by molar-refractivity contribution is 5.62. The van der Waals surface area contributed by atoms with Crippen molar-refractivity contribution >= 4 is 6.29 Å². The minimum Gasteiger partial charge on any atom is -0.301 e. The van der Waals surface area contributed by atoms with Crippen molar-refractivity contribution in [3.8, 4) is 0 Å². The Hall–Kier alpha value is -0.370. The first kappa shape index (κ1) is 9.72. The van der Waals surface area contributed by atoms with E-state index in [1.54, 1.807) is 0 Å². The van der Waals surface area contributed by atoms with E-state index in [1.807, 2.05) is 13.8 Å². The smallest absolute Gasteiger partial charge is 0.139 e. The average Bonchev–Trinajstić information content (AvgIpc) is 2.32. The van der Waals surface area contributed by atoms with Gasteiger partial charge in [0.2, 0.25) is 0 Å². The number of rotatable bonds is 2. The second-order valence-corrected chi connectivity index (χ2v) is 4.17. The average molecular weight is 169 g/mol. The quantitative estimate of drug-likeness (QED) is 0.588. The third kappa shape index (κ3) is 2.31. The highest BCUT2D eigenvalue weighted by Gasteiger charge is 2.25. The predicted octanol–water partition coefficient (Wildman–Crippen LogP) is 1.84. The molecule has 0 radical (unpaired) electrons. The number of likely N-dealkylation sites (tertiary alicyclic amines) is 1. The lowest BCUT2D eigenvalue weighted by atomic mass is 10.1. The van der Waals surface area contributed by atoms with Gasteiger partial charge in [0.15, 0.2) is 0 Å². The second-order valence-electron chi connectivity index (χ2n) is 4.17. The van der Waals surface area contributed by atoms with Gasteiger partial charge in [-0.05, 0) is 39.8 Å². The number of carbonyl (C=O) groups excluding carboxylic acids is 1. The van der Waals surface area contributed by atoms with Crippen LogP contribution in [0.3, 0.4) is 0 Å². The van der Waals surface area contributed by atoms with E-state index in [-0.39, 0.29) is 5.54 Å². The summed E-state index contributed by atoms with van der Waals surface area (Å²) in [5, 5.41) is 0. The van der Waals surface area contributed by atoms with E-state index in [1.165, 1.54) is 25.7 Å². The molecule has 0 atom stereocenters. The maximum Gasteiger partial charge on any atom is 0.139 e. The molecule has 2 nitrogen and oxygen atoms in total. The van der Waals surface area contributed by atoms with Crippen molar-refractivity contribution in [1.29, 1.82) is 0 Å². The first-order chi connectivity index (χ1) is 5.67. The molecule has 12 heavy (non-hydrogen) atoms. The molecule has 0 aromatic heterocycles. The van der Waals surface area contributed by atoms with Gasteiger partial charge in [0.1, 0.15) is 6.29 Å². The summed E-state index contributed by atoms with van der Waals surface area (Å²) in [5.74, 6) is 0.